The maximum atomic E-state index is 12.7. The van der Waals surface area contributed by atoms with E-state index in [0.717, 1.165) is 29.3 Å². The molecular formula is C13H10F3N3O2. The van der Waals surface area contributed by atoms with Crippen LogP contribution in [0.3, 0.4) is 0 Å². The highest BCUT2D eigenvalue weighted by molar-refractivity contribution is 5.91. The summed E-state index contributed by atoms with van der Waals surface area (Å²) in [5.74, 6) is -1.37. The lowest BCUT2D eigenvalue weighted by Crippen LogP contribution is -2.15. The molecule has 110 valence electrons. The largest absolute Gasteiger partial charge is 0.478 e. The first-order valence-corrected chi connectivity index (χ1v) is 6.24. The van der Waals surface area contributed by atoms with Crippen molar-refractivity contribution in [1.82, 2.24) is 14.8 Å². The molecule has 21 heavy (non-hydrogen) atoms. The summed E-state index contributed by atoms with van der Waals surface area (Å²) in [6.45, 7) is 0. The molecular weight excluding hydrogens is 287 g/mol. The number of alkyl halides is 3. The normalized spacial score (nSPS) is 15.2. The van der Waals surface area contributed by atoms with Crippen molar-refractivity contribution in [3.05, 3.63) is 41.3 Å². The summed E-state index contributed by atoms with van der Waals surface area (Å²) >= 11 is 0. The Morgan fingerprint density at radius 2 is 2.00 bits per heavy atom. The number of nitrogens with zero attached hydrogens (tertiary/aromatic N) is 3. The Morgan fingerprint density at radius 1 is 1.29 bits per heavy atom. The second-order valence-electron chi connectivity index (χ2n) is 4.83. The van der Waals surface area contributed by atoms with Gasteiger partial charge in [0.25, 0.3) is 0 Å². The van der Waals surface area contributed by atoms with Crippen LogP contribution in [0.5, 0.6) is 0 Å². The van der Waals surface area contributed by atoms with Gasteiger partial charge in [0.15, 0.2) is 5.82 Å². The number of hydrogen-bond donors (Lipinski definition) is 1. The van der Waals surface area contributed by atoms with Gasteiger partial charge in [-0.25, -0.2) is 14.5 Å². The van der Waals surface area contributed by atoms with E-state index in [1.807, 2.05) is 0 Å². The van der Waals surface area contributed by atoms with Crippen LogP contribution in [0.25, 0.3) is 5.82 Å². The summed E-state index contributed by atoms with van der Waals surface area (Å²) in [5.41, 5.74) is -0.732. The van der Waals surface area contributed by atoms with Crippen molar-refractivity contribution in [2.45, 2.75) is 24.9 Å². The maximum absolute atomic E-state index is 12.7. The van der Waals surface area contributed by atoms with Crippen LogP contribution in [0.4, 0.5) is 13.2 Å². The molecule has 2 heterocycles. The third kappa shape index (κ3) is 2.61. The zero-order valence-electron chi connectivity index (χ0n) is 10.6. The molecule has 0 bridgehead atoms. The van der Waals surface area contributed by atoms with Gasteiger partial charge in [-0.2, -0.15) is 18.3 Å². The average Bonchev–Trinajstić information content (AvgIpc) is 3.15. The van der Waals surface area contributed by atoms with E-state index in [-0.39, 0.29) is 11.4 Å². The fraction of sp³-hybridized carbons (Fsp3) is 0.308. The van der Waals surface area contributed by atoms with Gasteiger partial charge in [0.1, 0.15) is 11.3 Å². The van der Waals surface area contributed by atoms with Gasteiger partial charge >= 0.3 is 12.1 Å². The average molecular weight is 297 g/mol. The Labute approximate surface area is 117 Å². The predicted octanol–water partition coefficient (Wildman–Crippen LogP) is 2.86. The molecule has 2 aromatic heterocycles. The number of carbonyl (C=O) groups is 1. The van der Waals surface area contributed by atoms with E-state index in [2.05, 4.69) is 10.1 Å². The molecule has 0 spiro atoms. The topological polar surface area (TPSA) is 68.0 Å². The minimum Gasteiger partial charge on any atom is -0.478 e. The first kappa shape index (κ1) is 13.6. The summed E-state index contributed by atoms with van der Waals surface area (Å²) < 4.78 is 39.3. The van der Waals surface area contributed by atoms with Crippen LogP contribution in [-0.4, -0.2) is 25.8 Å². The zero-order valence-corrected chi connectivity index (χ0v) is 10.6. The molecule has 1 fully saturated rings. The molecule has 8 heteroatoms. The molecule has 0 atom stereocenters. The van der Waals surface area contributed by atoms with E-state index in [1.54, 1.807) is 6.07 Å². The fourth-order valence-electron chi connectivity index (χ4n) is 2.00. The van der Waals surface area contributed by atoms with Gasteiger partial charge in [-0.15, -0.1) is 0 Å². The fourth-order valence-corrected chi connectivity index (χ4v) is 2.00. The number of carboxylic acid groups (broad SMARTS) is 1. The number of halogens is 3. The van der Waals surface area contributed by atoms with Gasteiger partial charge in [0, 0.05) is 12.1 Å². The second-order valence-corrected chi connectivity index (χ2v) is 4.83. The number of aromatic carboxylic acids is 1. The minimum absolute atomic E-state index is 0.310. The van der Waals surface area contributed by atoms with Crippen LogP contribution < -0.4 is 0 Å². The van der Waals surface area contributed by atoms with Gasteiger partial charge in [0.2, 0.25) is 0 Å². The lowest BCUT2D eigenvalue weighted by Gasteiger charge is -2.10. The quantitative estimate of drug-likeness (QED) is 0.946. The molecule has 0 aliphatic heterocycles. The van der Waals surface area contributed by atoms with Gasteiger partial charge in [-0.1, -0.05) is 0 Å². The van der Waals surface area contributed by atoms with Gasteiger partial charge < -0.3 is 5.11 Å². The third-order valence-corrected chi connectivity index (χ3v) is 3.22. The van der Waals surface area contributed by atoms with Crippen molar-refractivity contribution in [2.24, 2.45) is 0 Å². The molecule has 1 aliphatic rings. The molecule has 2 aromatic rings. The Morgan fingerprint density at radius 3 is 2.57 bits per heavy atom. The molecule has 0 unspecified atom stereocenters. The number of carboxylic acids is 1. The molecule has 0 aromatic carbocycles. The Kier molecular flexibility index (Phi) is 2.96. The van der Waals surface area contributed by atoms with E-state index in [1.165, 1.54) is 6.20 Å². The zero-order chi connectivity index (χ0) is 15.2. The smallest absolute Gasteiger partial charge is 0.433 e. The van der Waals surface area contributed by atoms with Crippen molar-refractivity contribution >= 4 is 5.97 Å². The maximum Gasteiger partial charge on any atom is 0.433 e. The van der Waals surface area contributed by atoms with Crippen molar-refractivity contribution < 1.29 is 23.1 Å². The summed E-state index contributed by atoms with van der Waals surface area (Å²) in [6, 6.07) is 3.22. The standard InChI is InChI=1S/C13H10F3N3O2/c14-13(15,16)10-4-3-8(12(20)21)11(17-10)19-6-5-9(18-19)7-1-2-7/h3-7H,1-2H2,(H,20,21). The van der Waals surface area contributed by atoms with E-state index in [0.29, 0.717) is 12.0 Å². The van der Waals surface area contributed by atoms with E-state index in [9.17, 15) is 18.0 Å². The highest BCUT2D eigenvalue weighted by Crippen LogP contribution is 2.39. The van der Waals surface area contributed by atoms with Crippen LogP contribution in [0, 0.1) is 0 Å². The highest BCUT2D eigenvalue weighted by atomic mass is 19.4. The van der Waals surface area contributed by atoms with Gasteiger partial charge in [-0.05, 0) is 31.0 Å². The lowest BCUT2D eigenvalue weighted by molar-refractivity contribution is -0.141. The summed E-state index contributed by atoms with van der Waals surface area (Å²) in [7, 11) is 0. The van der Waals surface area contributed by atoms with Crippen molar-refractivity contribution in [3.8, 4) is 5.82 Å². The predicted molar refractivity (Wildman–Crippen MR) is 65.3 cm³/mol. The van der Waals surface area contributed by atoms with Crippen LogP contribution in [-0.2, 0) is 6.18 Å². The van der Waals surface area contributed by atoms with Gasteiger partial charge in [0.05, 0.1) is 5.69 Å². The molecule has 1 N–H and O–H groups in total. The summed E-state index contributed by atoms with van der Waals surface area (Å²) in [4.78, 5) is 14.6. The third-order valence-electron chi connectivity index (χ3n) is 3.22. The van der Waals surface area contributed by atoms with Crippen LogP contribution in [0.15, 0.2) is 24.4 Å². The number of aromatic nitrogens is 3. The minimum atomic E-state index is -4.64. The van der Waals surface area contributed by atoms with Crippen molar-refractivity contribution in [1.29, 1.82) is 0 Å². The van der Waals surface area contributed by atoms with E-state index in [4.69, 9.17) is 5.11 Å². The summed E-state index contributed by atoms with van der Waals surface area (Å²) in [5, 5.41) is 13.2. The first-order valence-electron chi connectivity index (χ1n) is 6.24. The lowest BCUT2D eigenvalue weighted by atomic mass is 10.2. The Hall–Kier alpha value is -2.38. The van der Waals surface area contributed by atoms with E-state index >= 15 is 0 Å². The molecule has 3 rings (SSSR count). The van der Waals surface area contributed by atoms with E-state index < -0.39 is 17.8 Å². The number of pyridine rings is 1. The molecule has 1 aliphatic carbocycles. The van der Waals surface area contributed by atoms with Crippen molar-refractivity contribution in [2.75, 3.05) is 0 Å². The highest BCUT2D eigenvalue weighted by Gasteiger charge is 2.34. The Bertz CT molecular complexity index is 705. The SMILES string of the molecule is O=C(O)c1ccc(C(F)(F)F)nc1-n1ccc(C2CC2)n1. The first-order chi connectivity index (χ1) is 9.86. The number of hydrogen-bond acceptors (Lipinski definition) is 3. The molecule has 5 nitrogen and oxygen atoms in total. The van der Waals surface area contributed by atoms with Crippen LogP contribution >= 0.6 is 0 Å². The Balaban J connectivity index is 2.10. The second kappa shape index (κ2) is 4.57. The van der Waals surface area contributed by atoms with Gasteiger partial charge in [-0.3, -0.25) is 0 Å². The molecule has 0 amide bonds. The molecule has 1 saturated carbocycles. The summed E-state index contributed by atoms with van der Waals surface area (Å²) in [6.07, 6.45) is -1.24. The molecule has 0 radical (unpaired) electrons. The monoisotopic (exact) mass is 297 g/mol. The van der Waals surface area contributed by atoms with Crippen LogP contribution in [0.1, 0.15) is 40.5 Å². The number of rotatable bonds is 3. The van der Waals surface area contributed by atoms with Crippen LogP contribution in [0.2, 0.25) is 0 Å². The molecule has 0 saturated heterocycles. The van der Waals surface area contributed by atoms with Crippen molar-refractivity contribution in [3.63, 3.8) is 0 Å².